The first-order valence-electron chi connectivity index (χ1n) is 11.3. The number of aromatic amines is 1. The number of urea groups is 1. The van der Waals surface area contributed by atoms with Gasteiger partial charge in [-0.25, -0.2) is 33.1 Å². The number of thiazole rings is 1. The normalized spacial score (nSPS) is 14.2. The number of Topliss-reactive ketones (excluding diaryl/α,β-unsaturated/α-hetero) is 1. The Bertz CT molecular complexity index is 1560. The summed E-state index contributed by atoms with van der Waals surface area (Å²) in [4.78, 5) is 44.5. The minimum Gasteiger partial charge on any atom is -0.329 e. The van der Waals surface area contributed by atoms with Crippen molar-refractivity contribution in [1.29, 1.82) is 0 Å². The highest BCUT2D eigenvalue weighted by atomic mass is 32.2. The third kappa shape index (κ3) is 4.97. The van der Waals surface area contributed by atoms with Crippen LogP contribution in [0.5, 0.6) is 0 Å². The summed E-state index contributed by atoms with van der Waals surface area (Å²) in [6, 6.07) is 4.77. The third-order valence-corrected chi connectivity index (χ3v) is 8.37. The Morgan fingerprint density at radius 1 is 1.14 bits per heavy atom. The molecule has 0 bridgehead atoms. The number of hydrogen-bond acceptors (Lipinski definition) is 9. The Kier molecular flexibility index (Phi) is 6.49. The van der Waals surface area contributed by atoms with E-state index in [1.807, 2.05) is 13.0 Å². The Morgan fingerprint density at radius 3 is 2.75 bits per heavy atom. The first-order chi connectivity index (χ1) is 17.3. The number of sulfone groups is 1. The lowest BCUT2D eigenvalue weighted by molar-refractivity contribution is 0.0923. The number of ketones is 1. The maximum absolute atomic E-state index is 13.0. The molecule has 3 N–H and O–H groups in total. The largest absolute Gasteiger partial charge is 0.329 e. The SMILES string of the molecule is Cc1ccc(NC(=O)Nc2nc(CS(=O)(=O)c3ncnc4[nH]cnc34)cs2)c(C(=O)C2CCCC2)c1. The van der Waals surface area contributed by atoms with Gasteiger partial charge in [0, 0.05) is 16.9 Å². The molecule has 1 aliphatic carbocycles. The minimum atomic E-state index is -3.86. The molecule has 0 unspecified atom stereocenters. The molecule has 186 valence electrons. The van der Waals surface area contributed by atoms with Crippen molar-refractivity contribution in [2.75, 3.05) is 10.6 Å². The molecule has 1 fully saturated rings. The number of nitrogens with one attached hydrogen (secondary N) is 3. The lowest BCUT2D eigenvalue weighted by Gasteiger charge is -2.14. The predicted molar refractivity (Wildman–Crippen MR) is 135 cm³/mol. The summed E-state index contributed by atoms with van der Waals surface area (Å²) in [6.45, 7) is 1.90. The summed E-state index contributed by atoms with van der Waals surface area (Å²) in [5.74, 6) is -0.385. The first-order valence-corrected chi connectivity index (χ1v) is 13.9. The van der Waals surface area contributed by atoms with E-state index in [2.05, 4.69) is 35.6 Å². The Hall–Kier alpha value is -3.71. The smallest absolute Gasteiger partial charge is 0.325 e. The highest BCUT2D eigenvalue weighted by Gasteiger charge is 2.27. The maximum Gasteiger partial charge on any atom is 0.325 e. The molecule has 4 aromatic rings. The van der Waals surface area contributed by atoms with Gasteiger partial charge in [0.05, 0.1) is 23.5 Å². The second kappa shape index (κ2) is 9.74. The number of fused-ring (bicyclic) bond motifs is 1. The van der Waals surface area contributed by atoms with E-state index in [1.54, 1.807) is 17.5 Å². The van der Waals surface area contributed by atoms with Gasteiger partial charge < -0.3 is 10.3 Å². The third-order valence-electron chi connectivity index (χ3n) is 6.00. The minimum absolute atomic E-state index is 0.0172. The summed E-state index contributed by atoms with van der Waals surface area (Å²) in [7, 11) is -3.86. The van der Waals surface area contributed by atoms with E-state index in [1.165, 1.54) is 6.33 Å². The number of benzene rings is 1. The van der Waals surface area contributed by atoms with E-state index < -0.39 is 21.6 Å². The van der Waals surface area contributed by atoms with Crippen molar-refractivity contribution in [3.63, 3.8) is 0 Å². The molecule has 3 heterocycles. The molecule has 0 saturated heterocycles. The Morgan fingerprint density at radius 2 is 1.94 bits per heavy atom. The van der Waals surface area contributed by atoms with Crippen LogP contribution in [0, 0.1) is 12.8 Å². The quantitative estimate of drug-likeness (QED) is 0.240. The zero-order valence-corrected chi connectivity index (χ0v) is 20.9. The van der Waals surface area contributed by atoms with Crippen LogP contribution in [-0.4, -0.2) is 45.2 Å². The number of anilines is 2. The standard InChI is InChI=1S/C23H23N7O4S2/c1-13-6-7-17(16(8-13)19(31)14-4-2-3-5-14)29-22(32)30-23-28-15(9-35-23)10-36(33,34)21-18-20(25-11-24-18)26-12-27-21/h6-9,11-12,14H,2-5,10H2,1H3,(H,24,25,26,27)(H2,28,29,30,32). The van der Waals surface area contributed by atoms with Crippen molar-refractivity contribution in [1.82, 2.24) is 24.9 Å². The van der Waals surface area contributed by atoms with Gasteiger partial charge in [0.15, 0.2) is 21.6 Å². The van der Waals surface area contributed by atoms with Crippen LogP contribution in [0.2, 0.25) is 0 Å². The monoisotopic (exact) mass is 525 g/mol. The van der Waals surface area contributed by atoms with E-state index in [9.17, 15) is 18.0 Å². The van der Waals surface area contributed by atoms with Crippen molar-refractivity contribution in [2.45, 2.75) is 43.4 Å². The van der Waals surface area contributed by atoms with Gasteiger partial charge in [0.25, 0.3) is 0 Å². The highest BCUT2D eigenvalue weighted by molar-refractivity contribution is 7.90. The summed E-state index contributed by atoms with van der Waals surface area (Å²) in [5, 5.41) is 6.95. The predicted octanol–water partition coefficient (Wildman–Crippen LogP) is 4.11. The summed E-state index contributed by atoms with van der Waals surface area (Å²) < 4.78 is 25.8. The second-order valence-corrected chi connectivity index (χ2v) is 11.4. The molecule has 0 spiro atoms. The molecule has 0 aliphatic heterocycles. The average molecular weight is 526 g/mol. The molecule has 36 heavy (non-hydrogen) atoms. The number of amides is 2. The number of aromatic nitrogens is 5. The molecule has 3 aromatic heterocycles. The summed E-state index contributed by atoms with van der Waals surface area (Å²) in [6.07, 6.45) is 6.31. The van der Waals surface area contributed by atoms with Crippen molar-refractivity contribution in [3.8, 4) is 0 Å². The molecule has 0 atom stereocenters. The zero-order chi connectivity index (χ0) is 25.3. The van der Waals surface area contributed by atoms with Gasteiger partial charge in [0.1, 0.15) is 11.8 Å². The average Bonchev–Trinajstić information content (AvgIpc) is 3.61. The van der Waals surface area contributed by atoms with Gasteiger partial charge in [-0.05, 0) is 31.9 Å². The molecule has 2 amide bonds. The number of carbonyl (C=O) groups is 2. The van der Waals surface area contributed by atoms with E-state index in [0.717, 1.165) is 48.9 Å². The number of carbonyl (C=O) groups excluding carboxylic acids is 2. The first kappa shape index (κ1) is 24.0. The van der Waals surface area contributed by atoms with E-state index in [-0.39, 0.29) is 33.1 Å². The van der Waals surface area contributed by atoms with Crippen LogP contribution in [0.1, 0.15) is 47.3 Å². The van der Waals surface area contributed by atoms with E-state index in [0.29, 0.717) is 16.9 Å². The number of nitrogens with zero attached hydrogens (tertiary/aromatic N) is 4. The molecular weight excluding hydrogens is 502 g/mol. The van der Waals surface area contributed by atoms with Crippen LogP contribution in [0.15, 0.2) is 41.3 Å². The van der Waals surface area contributed by atoms with Crippen molar-refractivity contribution >= 4 is 55.0 Å². The van der Waals surface area contributed by atoms with Crippen molar-refractivity contribution in [3.05, 3.63) is 53.1 Å². The number of imidazole rings is 1. The fourth-order valence-electron chi connectivity index (χ4n) is 4.29. The lowest BCUT2D eigenvalue weighted by Crippen LogP contribution is -2.22. The van der Waals surface area contributed by atoms with Gasteiger partial charge >= 0.3 is 6.03 Å². The molecule has 5 rings (SSSR count). The fourth-order valence-corrected chi connectivity index (χ4v) is 6.43. The molecule has 1 saturated carbocycles. The topological polar surface area (TPSA) is 160 Å². The highest BCUT2D eigenvalue weighted by Crippen LogP contribution is 2.31. The molecule has 13 heteroatoms. The number of H-pyrrole nitrogens is 1. The molecule has 1 aromatic carbocycles. The fraction of sp³-hybridized carbons (Fsp3) is 0.304. The van der Waals surface area contributed by atoms with Gasteiger partial charge in [-0.3, -0.25) is 10.1 Å². The zero-order valence-electron chi connectivity index (χ0n) is 19.3. The van der Waals surface area contributed by atoms with Crippen LogP contribution in [0.25, 0.3) is 11.2 Å². The van der Waals surface area contributed by atoms with Gasteiger partial charge in [-0.15, -0.1) is 11.3 Å². The molecule has 0 radical (unpaired) electrons. The van der Waals surface area contributed by atoms with Crippen LogP contribution in [0.4, 0.5) is 15.6 Å². The van der Waals surface area contributed by atoms with Gasteiger partial charge in [-0.1, -0.05) is 24.5 Å². The number of hydrogen-bond donors (Lipinski definition) is 3. The van der Waals surface area contributed by atoms with Crippen molar-refractivity contribution < 1.29 is 18.0 Å². The van der Waals surface area contributed by atoms with Crippen LogP contribution >= 0.6 is 11.3 Å². The van der Waals surface area contributed by atoms with Crippen LogP contribution in [-0.2, 0) is 15.6 Å². The van der Waals surface area contributed by atoms with E-state index >= 15 is 0 Å². The van der Waals surface area contributed by atoms with Gasteiger partial charge in [0.2, 0.25) is 9.84 Å². The summed E-state index contributed by atoms with van der Waals surface area (Å²) >= 11 is 1.09. The second-order valence-electron chi connectivity index (χ2n) is 8.66. The Balaban J connectivity index is 1.28. The molecular formula is C23H23N7O4S2. The van der Waals surface area contributed by atoms with Gasteiger partial charge in [-0.2, -0.15) is 0 Å². The van der Waals surface area contributed by atoms with Crippen LogP contribution in [0.3, 0.4) is 0 Å². The lowest BCUT2D eigenvalue weighted by atomic mass is 9.94. The Labute approximate surface area is 210 Å². The number of aryl methyl sites for hydroxylation is 1. The maximum atomic E-state index is 13.0. The van der Waals surface area contributed by atoms with Crippen molar-refractivity contribution in [2.24, 2.45) is 5.92 Å². The molecule has 1 aliphatic rings. The summed E-state index contributed by atoms with van der Waals surface area (Å²) in [5.41, 5.74) is 2.60. The molecule has 11 nitrogen and oxygen atoms in total. The van der Waals surface area contributed by atoms with E-state index in [4.69, 9.17) is 0 Å². The van der Waals surface area contributed by atoms with Crippen LogP contribution < -0.4 is 10.6 Å². The number of rotatable bonds is 7.